The summed E-state index contributed by atoms with van der Waals surface area (Å²) in [5, 5.41) is 4.79. The molecule has 0 radical (unpaired) electrons. The number of benzene rings is 1. The molecule has 0 bridgehead atoms. The number of hydrogen-bond donors (Lipinski definition) is 1. The Balaban J connectivity index is 1.38. The van der Waals surface area contributed by atoms with Crippen molar-refractivity contribution < 1.29 is 9.59 Å². The lowest BCUT2D eigenvalue weighted by Crippen LogP contribution is -2.49. The largest absolute Gasteiger partial charge is 0.352 e. The fourth-order valence-corrected chi connectivity index (χ4v) is 4.06. The summed E-state index contributed by atoms with van der Waals surface area (Å²) >= 11 is 6.23. The molecule has 0 spiro atoms. The van der Waals surface area contributed by atoms with Crippen molar-refractivity contribution in [3.05, 3.63) is 53.3 Å². The SMILES string of the molecule is CN(C)C(=O)CCC(=O)N1CCN(c2nccc3nc(NCc4ccccc4Cl)ncc23)CC1. The maximum absolute atomic E-state index is 12.5. The summed E-state index contributed by atoms with van der Waals surface area (Å²) in [5.74, 6) is 1.31. The molecule has 0 unspecified atom stereocenters. The van der Waals surface area contributed by atoms with Crippen molar-refractivity contribution in [2.75, 3.05) is 50.5 Å². The molecule has 1 saturated heterocycles. The highest BCUT2D eigenvalue weighted by Gasteiger charge is 2.23. The number of rotatable bonds is 7. The minimum Gasteiger partial charge on any atom is -0.352 e. The number of hydrogen-bond acceptors (Lipinski definition) is 7. The van der Waals surface area contributed by atoms with Crippen molar-refractivity contribution in [3.63, 3.8) is 0 Å². The Morgan fingerprint density at radius 2 is 1.82 bits per heavy atom. The van der Waals surface area contributed by atoms with Gasteiger partial charge >= 0.3 is 0 Å². The number of aromatic nitrogens is 3. The predicted octanol–water partition coefficient (Wildman–Crippen LogP) is 2.81. The van der Waals surface area contributed by atoms with E-state index in [-0.39, 0.29) is 24.7 Å². The number of piperazine rings is 1. The molecule has 1 aromatic carbocycles. The number of carbonyl (C=O) groups excluding carboxylic acids is 2. The van der Waals surface area contributed by atoms with E-state index >= 15 is 0 Å². The van der Waals surface area contributed by atoms with Crippen LogP contribution in [0.4, 0.5) is 11.8 Å². The highest BCUT2D eigenvalue weighted by atomic mass is 35.5. The monoisotopic (exact) mass is 481 g/mol. The molecule has 1 aliphatic rings. The average Bonchev–Trinajstić information content (AvgIpc) is 2.86. The van der Waals surface area contributed by atoms with E-state index in [1.165, 1.54) is 4.90 Å². The summed E-state index contributed by atoms with van der Waals surface area (Å²) in [4.78, 5) is 43.4. The lowest BCUT2D eigenvalue weighted by Gasteiger charge is -2.35. The molecular formula is C24H28ClN7O2. The van der Waals surface area contributed by atoms with Crippen LogP contribution < -0.4 is 10.2 Å². The molecule has 2 aromatic heterocycles. The quantitative estimate of drug-likeness (QED) is 0.554. The van der Waals surface area contributed by atoms with Crippen LogP contribution in [0, 0.1) is 0 Å². The Bertz CT molecular complexity index is 1180. The second-order valence-electron chi connectivity index (χ2n) is 8.36. The van der Waals surface area contributed by atoms with E-state index in [0.29, 0.717) is 43.7 Å². The van der Waals surface area contributed by atoms with E-state index < -0.39 is 0 Å². The third kappa shape index (κ3) is 5.53. The number of amides is 2. The van der Waals surface area contributed by atoms with Crippen molar-refractivity contribution in [1.82, 2.24) is 24.8 Å². The van der Waals surface area contributed by atoms with Crippen LogP contribution >= 0.6 is 11.6 Å². The Morgan fingerprint density at radius 1 is 1.06 bits per heavy atom. The van der Waals surface area contributed by atoms with Crippen LogP contribution in [0.25, 0.3) is 10.9 Å². The summed E-state index contributed by atoms with van der Waals surface area (Å²) in [6, 6.07) is 9.52. The van der Waals surface area contributed by atoms with Gasteiger partial charge < -0.3 is 20.0 Å². The van der Waals surface area contributed by atoms with Gasteiger partial charge in [0.05, 0.1) is 10.9 Å². The Hall–Kier alpha value is -3.46. The molecule has 1 fully saturated rings. The van der Waals surface area contributed by atoms with Gasteiger partial charge in [-0.2, -0.15) is 0 Å². The third-order valence-corrected chi connectivity index (χ3v) is 6.24. The Morgan fingerprint density at radius 3 is 2.56 bits per heavy atom. The molecule has 1 aliphatic heterocycles. The van der Waals surface area contributed by atoms with E-state index in [0.717, 1.165) is 22.3 Å². The van der Waals surface area contributed by atoms with Crippen LogP contribution in [0.15, 0.2) is 42.7 Å². The second kappa shape index (κ2) is 10.6. The third-order valence-electron chi connectivity index (χ3n) is 5.87. The van der Waals surface area contributed by atoms with Crippen LogP contribution in [0.3, 0.4) is 0 Å². The number of nitrogens with zero attached hydrogens (tertiary/aromatic N) is 6. The molecule has 3 aromatic rings. The van der Waals surface area contributed by atoms with Crippen LogP contribution in [0.2, 0.25) is 5.02 Å². The molecule has 3 heterocycles. The van der Waals surface area contributed by atoms with Gasteiger partial charge in [0.15, 0.2) is 0 Å². The van der Waals surface area contributed by atoms with Crippen molar-refractivity contribution in [3.8, 4) is 0 Å². The normalized spacial score (nSPS) is 13.7. The molecule has 4 rings (SSSR count). The molecule has 1 N–H and O–H groups in total. The zero-order valence-corrected chi connectivity index (χ0v) is 20.1. The van der Waals surface area contributed by atoms with E-state index in [1.54, 1.807) is 26.5 Å². The van der Waals surface area contributed by atoms with E-state index in [4.69, 9.17) is 11.6 Å². The van der Waals surface area contributed by atoms with E-state index in [2.05, 4.69) is 25.2 Å². The van der Waals surface area contributed by atoms with Crippen molar-refractivity contribution in [2.24, 2.45) is 0 Å². The minimum absolute atomic E-state index is 0.0123. The smallest absolute Gasteiger partial charge is 0.223 e. The number of anilines is 2. The van der Waals surface area contributed by atoms with Crippen molar-refractivity contribution in [1.29, 1.82) is 0 Å². The first-order valence-corrected chi connectivity index (χ1v) is 11.6. The number of pyridine rings is 1. The Labute approximate surface area is 203 Å². The number of fused-ring (bicyclic) bond motifs is 1. The van der Waals surface area contributed by atoms with Crippen LogP contribution in [-0.2, 0) is 16.1 Å². The summed E-state index contributed by atoms with van der Waals surface area (Å²) in [5.41, 5.74) is 1.77. The first kappa shape index (κ1) is 23.7. The number of nitrogens with one attached hydrogen (secondary N) is 1. The molecule has 2 amide bonds. The summed E-state index contributed by atoms with van der Waals surface area (Å²) in [6.45, 7) is 3.02. The van der Waals surface area contributed by atoms with Gasteiger partial charge in [0.1, 0.15) is 5.82 Å². The summed E-state index contributed by atoms with van der Waals surface area (Å²) in [6.07, 6.45) is 4.00. The van der Waals surface area contributed by atoms with E-state index in [9.17, 15) is 9.59 Å². The maximum Gasteiger partial charge on any atom is 0.223 e. The van der Waals surface area contributed by atoms with Gasteiger partial charge in [0, 0.05) is 77.1 Å². The topological polar surface area (TPSA) is 94.6 Å². The first-order chi connectivity index (χ1) is 16.4. The van der Waals surface area contributed by atoms with Gasteiger partial charge in [-0.15, -0.1) is 0 Å². The lowest BCUT2D eigenvalue weighted by molar-refractivity contribution is -0.136. The zero-order chi connectivity index (χ0) is 24.1. The molecule has 0 aliphatic carbocycles. The Kier molecular flexibility index (Phi) is 7.42. The fourth-order valence-electron chi connectivity index (χ4n) is 3.86. The fraction of sp³-hybridized carbons (Fsp3) is 0.375. The van der Waals surface area contributed by atoms with Crippen molar-refractivity contribution in [2.45, 2.75) is 19.4 Å². The van der Waals surface area contributed by atoms with Crippen LogP contribution in [-0.4, -0.2) is 76.8 Å². The minimum atomic E-state index is -0.0346. The first-order valence-electron chi connectivity index (χ1n) is 11.2. The van der Waals surface area contributed by atoms with Gasteiger partial charge in [0.2, 0.25) is 17.8 Å². The van der Waals surface area contributed by atoms with Gasteiger partial charge in [-0.05, 0) is 17.7 Å². The lowest BCUT2D eigenvalue weighted by atomic mass is 10.2. The second-order valence-corrected chi connectivity index (χ2v) is 8.77. The molecule has 178 valence electrons. The summed E-state index contributed by atoms with van der Waals surface area (Å²) < 4.78 is 0. The standard InChI is InChI=1S/C24H28ClN7O2/c1-30(2)21(33)7-8-22(34)31-11-13-32(14-12-31)23-18-16-28-24(29-20(18)9-10-26-23)27-15-17-5-3-4-6-19(17)25/h3-6,9-10,16H,7-8,11-15H2,1-2H3,(H,27,28,29). The average molecular weight is 482 g/mol. The number of halogens is 1. The molecular weight excluding hydrogens is 454 g/mol. The van der Waals surface area contributed by atoms with Gasteiger partial charge in [0.25, 0.3) is 0 Å². The highest BCUT2D eigenvalue weighted by molar-refractivity contribution is 6.31. The highest BCUT2D eigenvalue weighted by Crippen LogP contribution is 2.25. The van der Waals surface area contributed by atoms with Gasteiger partial charge in [-0.25, -0.2) is 15.0 Å². The molecule has 34 heavy (non-hydrogen) atoms. The molecule has 0 saturated carbocycles. The molecule has 9 nitrogen and oxygen atoms in total. The molecule has 10 heteroatoms. The van der Waals surface area contributed by atoms with Gasteiger partial charge in [-0.1, -0.05) is 29.8 Å². The van der Waals surface area contributed by atoms with Crippen LogP contribution in [0.1, 0.15) is 18.4 Å². The zero-order valence-electron chi connectivity index (χ0n) is 19.4. The van der Waals surface area contributed by atoms with E-state index in [1.807, 2.05) is 35.2 Å². The van der Waals surface area contributed by atoms with Crippen LogP contribution in [0.5, 0.6) is 0 Å². The predicted molar refractivity (Wildman–Crippen MR) is 133 cm³/mol. The summed E-state index contributed by atoms with van der Waals surface area (Å²) in [7, 11) is 3.40. The number of carbonyl (C=O) groups is 2. The van der Waals surface area contributed by atoms with Crippen molar-refractivity contribution >= 4 is 46.1 Å². The maximum atomic E-state index is 12.5. The van der Waals surface area contributed by atoms with Gasteiger partial charge in [-0.3, -0.25) is 9.59 Å². The molecule has 0 atom stereocenters.